The van der Waals surface area contributed by atoms with E-state index in [0.29, 0.717) is 12.3 Å². The van der Waals surface area contributed by atoms with Crippen molar-refractivity contribution in [3.8, 4) is 5.69 Å². The van der Waals surface area contributed by atoms with Gasteiger partial charge in [-0.2, -0.15) is 4.68 Å². The summed E-state index contributed by atoms with van der Waals surface area (Å²) in [5.41, 5.74) is 6.45. The molecule has 2 heterocycles. The maximum atomic E-state index is 5.55. The minimum absolute atomic E-state index is 0.409. The third-order valence-corrected chi connectivity index (χ3v) is 3.65. The van der Waals surface area contributed by atoms with Crippen molar-refractivity contribution in [1.29, 1.82) is 0 Å². The van der Waals surface area contributed by atoms with E-state index in [1.807, 2.05) is 42.5 Å². The van der Waals surface area contributed by atoms with E-state index >= 15 is 0 Å². The lowest BCUT2D eigenvalue weighted by molar-refractivity contribution is 0.482. The maximum Gasteiger partial charge on any atom is 0.214 e. The summed E-state index contributed by atoms with van der Waals surface area (Å²) in [5.74, 6) is 2.30. The van der Waals surface area contributed by atoms with Crippen LogP contribution in [0.1, 0.15) is 11.5 Å². The summed E-state index contributed by atoms with van der Waals surface area (Å²) < 4.78 is 7.26. The van der Waals surface area contributed by atoms with Crippen LogP contribution >= 0.6 is 11.8 Å². The molecule has 3 rings (SSSR count). The van der Waals surface area contributed by atoms with Crippen molar-refractivity contribution in [3.63, 3.8) is 0 Å². The van der Waals surface area contributed by atoms with Crippen molar-refractivity contribution in [2.75, 3.05) is 0 Å². The molecular formula is C13H13N5OS. The van der Waals surface area contributed by atoms with E-state index in [-0.39, 0.29) is 0 Å². The maximum absolute atomic E-state index is 5.55. The van der Waals surface area contributed by atoms with Gasteiger partial charge >= 0.3 is 0 Å². The van der Waals surface area contributed by atoms with E-state index in [1.54, 1.807) is 4.68 Å². The molecule has 0 saturated heterocycles. The number of thioether (sulfide) groups is 1. The molecule has 0 saturated carbocycles. The number of nitrogens with zero attached hydrogens (tertiary/aromatic N) is 4. The minimum atomic E-state index is 0.409. The van der Waals surface area contributed by atoms with Crippen molar-refractivity contribution in [3.05, 3.63) is 54.0 Å². The lowest BCUT2D eigenvalue weighted by atomic mass is 10.3. The molecule has 6 nitrogen and oxygen atoms in total. The minimum Gasteiger partial charge on any atom is -0.464 e. The van der Waals surface area contributed by atoms with Gasteiger partial charge in [-0.3, -0.25) is 0 Å². The zero-order valence-corrected chi connectivity index (χ0v) is 11.5. The fourth-order valence-corrected chi connectivity index (χ4v) is 2.53. The first-order chi connectivity index (χ1) is 9.86. The standard InChI is InChI=1S/C13H13N5OS/c14-8-11-6-7-12(19-11)9-20-13-15-16-17-18(13)10-4-2-1-3-5-10/h1-7H,8-9,14H2. The second-order valence-electron chi connectivity index (χ2n) is 4.07. The zero-order chi connectivity index (χ0) is 13.8. The summed E-state index contributed by atoms with van der Waals surface area (Å²) >= 11 is 1.52. The Morgan fingerprint density at radius 2 is 1.90 bits per heavy atom. The molecule has 0 spiro atoms. The summed E-state index contributed by atoms with van der Waals surface area (Å²) in [5, 5.41) is 12.5. The molecule has 0 unspecified atom stereocenters. The van der Waals surface area contributed by atoms with E-state index in [1.165, 1.54) is 11.8 Å². The van der Waals surface area contributed by atoms with E-state index in [4.69, 9.17) is 10.2 Å². The van der Waals surface area contributed by atoms with E-state index < -0.39 is 0 Å². The Morgan fingerprint density at radius 1 is 1.10 bits per heavy atom. The Bertz CT molecular complexity index is 679. The molecule has 2 N–H and O–H groups in total. The van der Waals surface area contributed by atoms with Crippen LogP contribution in [0.4, 0.5) is 0 Å². The summed E-state index contributed by atoms with van der Waals surface area (Å²) in [4.78, 5) is 0. The van der Waals surface area contributed by atoms with Crippen molar-refractivity contribution >= 4 is 11.8 Å². The number of hydrogen-bond acceptors (Lipinski definition) is 6. The van der Waals surface area contributed by atoms with E-state index in [2.05, 4.69) is 15.5 Å². The molecule has 7 heteroatoms. The van der Waals surface area contributed by atoms with Crippen LogP contribution in [-0.4, -0.2) is 20.2 Å². The van der Waals surface area contributed by atoms with Crippen molar-refractivity contribution in [2.24, 2.45) is 5.73 Å². The van der Waals surface area contributed by atoms with Gasteiger partial charge in [0.25, 0.3) is 0 Å². The van der Waals surface area contributed by atoms with Gasteiger partial charge in [0.15, 0.2) is 0 Å². The normalized spacial score (nSPS) is 10.8. The van der Waals surface area contributed by atoms with Gasteiger partial charge in [-0.05, 0) is 34.7 Å². The molecule has 0 aliphatic heterocycles. The molecule has 0 radical (unpaired) electrons. The molecule has 2 aromatic heterocycles. The molecule has 0 aliphatic carbocycles. The van der Waals surface area contributed by atoms with E-state index in [0.717, 1.165) is 22.4 Å². The molecule has 0 amide bonds. The fourth-order valence-electron chi connectivity index (χ4n) is 1.75. The number of furan rings is 1. The second kappa shape index (κ2) is 5.89. The molecule has 0 atom stereocenters. The van der Waals surface area contributed by atoms with Crippen LogP contribution in [0.3, 0.4) is 0 Å². The van der Waals surface area contributed by atoms with Gasteiger partial charge in [-0.1, -0.05) is 30.0 Å². The van der Waals surface area contributed by atoms with Gasteiger partial charge in [0.1, 0.15) is 11.5 Å². The Labute approximate surface area is 120 Å². The lowest BCUT2D eigenvalue weighted by Crippen LogP contribution is -1.98. The topological polar surface area (TPSA) is 82.8 Å². The van der Waals surface area contributed by atoms with Gasteiger partial charge in [0, 0.05) is 0 Å². The first-order valence-electron chi connectivity index (χ1n) is 6.11. The molecule has 1 aromatic carbocycles. The van der Waals surface area contributed by atoms with Crippen LogP contribution in [0.25, 0.3) is 5.69 Å². The number of aromatic nitrogens is 4. The molecular weight excluding hydrogens is 274 g/mol. The highest BCUT2D eigenvalue weighted by Crippen LogP contribution is 2.23. The summed E-state index contributed by atoms with van der Waals surface area (Å²) in [6, 6.07) is 13.6. The average molecular weight is 287 g/mol. The van der Waals surface area contributed by atoms with Crippen LogP contribution in [0.5, 0.6) is 0 Å². The number of benzene rings is 1. The number of rotatable bonds is 5. The SMILES string of the molecule is NCc1ccc(CSc2nnnn2-c2ccccc2)o1. The molecule has 102 valence electrons. The lowest BCUT2D eigenvalue weighted by Gasteiger charge is -2.02. The number of nitrogens with two attached hydrogens (primary N) is 1. The van der Waals surface area contributed by atoms with Gasteiger partial charge in [0.2, 0.25) is 5.16 Å². The first kappa shape index (κ1) is 12.9. The van der Waals surface area contributed by atoms with Gasteiger partial charge in [-0.25, -0.2) is 0 Å². The van der Waals surface area contributed by atoms with Crippen LogP contribution in [0, 0.1) is 0 Å². The largest absolute Gasteiger partial charge is 0.464 e. The highest BCUT2D eigenvalue weighted by Gasteiger charge is 2.10. The molecule has 0 aliphatic rings. The van der Waals surface area contributed by atoms with Crippen LogP contribution < -0.4 is 5.73 Å². The smallest absolute Gasteiger partial charge is 0.214 e. The molecule has 0 bridgehead atoms. The summed E-state index contributed by atoms with van der Waals surface area (Å²) in [6.07, 6.45) is 0. The predicted molar refractivity (Wildman–Crippen MR) is 75.3 cm³/mol. The van der Waals surface area contributed by atoms with Gasteiger partial charge in [-0.15, -0.1) is 5.10 Å². The molecule has 3 aromatic rings. The Kier molecular flexibility index (Phi) is 3.80. The molecule has 0 fully saturated rings. The number of para-hydroxylation sites is 1. The van der Waals surface area contributed by atoms with Crippen molar-refractivity contribution in [1.82, 2.24) is 20.2 Å². The third-order valence-electron chi connectivity index (χ3n) is 2.70. The number of hydrogen-bond donors (Lipinski definition) is 1. The predicted octanol–water partition coefficient (Wildman–Crippen LogP) is 2.01. The zero-order valence-electron chi connectivity index (χ0n) is 10.6. The van der Waals surface area contributed by atoms with Gasteiger partial charge < -0.3 is 10.2 Å². The summed E-state index contributed by atoms with van der Waals surface area (Å²) in [6.45, 7) is 0.409. The Hall–Kier alpha value is -2.12. The average Bonchev–Trinajstić information content (AvgIpc) is 3.15. The van der Waals surface area contributed by atoms with Gasteiger partial charge in [0.05, 0.1) is 18.0 Å². The quantitative estimate of drug-likeness (QED) is 0.723. The first-order valence-corrected chi connectivity index (χ1v) is 7.09. The van der Waals surface area contributed by atoms with Crippen LogP contribution in [0.15, 0.2) is 52.0 Å². The summed E-state index contributed by atoms with van der Waals surface area (Å²) in [7, 11) is 0. The van der Waals surface area contributed by atoms with Crippen molar-refractivity contribution in [2.45, 2.75) is 17.5 Å². The van der Waals surface area contributed by atoms with Crippen LogP contribution in [-0.2, 0) is 12.3 Å². The Morgan fingerprint density at radius 3 is 2.65 bits per heavy atom. The third kappa shape index (κ3) is 2.73. The van der Waals surface area contributed by atoms with E-state index in [9.17, 15) is 0 Å². The van der Waals surface area contributed by atoms with Crippen molar-refractivity contribution < 1.29 is 4.42 Å². The monoisotopic (exact) mass is 287 g/mol. The fraction of sp³-hybridized carbons (Fsp3) is 0.154. The van der Waals surface area contributed by atoms with Crippen LogP contribution in [0.2, 0.25) is 0 Å². The highest BCUT2D eigenvalue weighted by atomic mass is 32.2. The molecule has 20 heavy (non-hydrogen) atoms. The highest BCUT2D eigenvalue weighted by molar-refractivity contribution is 7.98. The Balaban J connectivity index is 1.74. The second-order valence-corrected chi connectivity index (χ2v) is 5.01. The number of tetrazole rings is 1.